The number of fused-ring (bicyclic) bond motifs is 2. The van der Waals surface area contributed by atoms with E-state index in [2.05, 4.69) is 22.6 Å². The average Bonchev–Trinajstić information content (AvgIpc) is 3.19. The molecule has 1 N–H and O–H groups in total. The minimum atomic E-state index is -0.140. The molecule has 2 aliphatic heterocycles. The zero-order valence-electron chi connectivity index (χ0n) is 18.0. The first-order valence-corrected chi connectivity index (χ1v) is 11.1. The third-order valence-electron chi connectivity index (χ3n) is 6.15. The molecule has 2 atom stereocenters. The van der Waals surface area contributed by atoms with Crippen molar-refractivity contribution in [3.05, 3.63) is 59.9 Å². The lowest BCUT2D eigenvalue weighted by atomic mass is 9.92. The van der Waals surface area contributed by atoms with Gasteiger partial charge in [-0.1, -0.05) is 24.3 Å². The number of amides is 2. The normalized spacial score (nSPS) is 22.7. The van der Waals surface area contributed by atoms with Crippen LogP contribution < -0.4 is 10.1 Å². The molecule has 1 aromatic heterocycles. The van der Waals surface area contributed by atoms with Crippen molar-refractivity contribution < 1.29 is 14.3 Å². The first-order chi connectivity index (χ1) is 15.1. The van der Waals surface area contributed by atoms with E-state index in [0.29, 0.717) is 30.8 Å². The summed E-state index contributed by atoms with van der Waals surface area (Å²) < 4.78 is 7.63. The molecule has 0 spiro atoms. The second kappa shape index (κ2) is 9.81. The van der Waals surface area contributed by atoms with Crippen LogP contribution in [0, 0.1) is 0 Å². The van der Waals surface area contributed by atoms with E-state index in [4.69, 9.17) is 4.74 Å². The second-order valence-electron chi connectivity index (χ2n) is 8.16. The molecule has 7 heteroatoms. The third kappa shape index (κ3) is 4.98. The Morgan fingerprint density at radius 2 is 2.13 bits per heavy atom. The third-order valence-corrected chi connectivity index (χ3v) is 6.15. The van der Waals surface area contributed by atoms with E-state index in [-0.39, 0.29) is 23.9 Å². The topological polar surface area (TPSA) is 76.5 Å². The van der Waals surface area contributed by atoms with Gasteiger partial charge in [0.25, 0.3) is 5.91 Å². The van der Waals surface area contributed by atoms with Gasteiger partial charge in [0.15, 0.2) is 0 Å². The van der Waals surface area contributed by atoms with Gasteiger partial charge in [0.2, 0.25) is 5.91 Å². The number of carbonyl (C=O) groups is 2. The van der Waals surface area contributed by atoms with Gasteiger partial charge in [0, 0.05) is 37.9 Å². The highest BCUT2D eigenvalue weighted by molar-refractivity contribution is 5.97. The van der Waals surface area contributed by atoms with Gasteiger partial charge < -0.3 is 15.0 Å². The molecule has 1 aromatic carbocycles. The number of ether oxygens (including phenoxy) is 1. The van der Waals surface area contributed by atoms with Crippen molar-refractivity contribution in [2.45, 2.75) is 50.6 Å². The summed E-state index contributed by atoms with van der Waals surface area (Å²) in [6.45, 7) is 1.25. The van der Waals surface area contributed by atoms with Gasteiger partial charge in [-0.25, -0.2) is 0 Å². The number of hydrogen-bond acceptors (Lipinski definition) is 4. The van der Waals surface area contributed by atoms with E-state index in [0.717, 1.165) is 37.9 Å². The minimum Gasteiger partial charge on any atom is -0.492 e. The van der Waals surface area contributed by atoms with Crippen LogP contribution in [0.4, 0.5) is 0 Å². The molecule has 1 saturated heterocycles. The van der Waals surface area contributed by atoms with Crippen molar-refractivity contribution in [2.24, 2.45) is 7.05 Å². The number of nitrogens with zero attached hydrogens (tertiary/aromatic N) is 3. The Bertz CT molecular complexity index is 952. The maximum Gasteiger partial charge on any atom is 0.255 e. The van der Waals surface area contributed by atoms with E-state index < -0.39 is 0 Å². The van der Waals surface area contributed by atoms with Gasteiger partial charge in [-0.05, 0) is 50.3 Å². The Hall–Kier alpha value is -3.09. The van der Waals surface area contributed by atoms with Gasteiger partial charge in [-0.3, -0.25) is 14.3 Å². The number of aryl methyl sites for hydroxylation is 2. The van der Waals surface area contributed by atoms with Crippen molar-refractivity contribution in [2.75, 3.05) is 13.2 Å². The number of carbonyl (C=O) groups excluding carboxylic acids is 2. The maximum atomic E-state index is 13.2. The number of piperidine rings is 1. The van der Waals surface area contributed by atoms with Crippen molar-refractivity contribution in [1.29, 1.82) is 0 Å². The quantitative estimate of drug-likeness (QED) is 0.772. The Morgan fingerprint density at radius 1 is 1.26 bits per heavy atom. The number of aromatic nitrogens is 2. The number of nitrogens with one attached hydrogen (secondary N) is 1. The van der Waals surface area contributed by atoms with Crippen molar-refractivity contribution in [3.63, 3.8) is 0 Å². The van der Waals surface area contributed by atoms with Crippen LogP contribution in [-0.4, -0.2) is 51.7 Å². The van der Waals surface area contributed by atoms with E-state index in [1.165, 1.54) is 0 Å². The standard InChI is InChI=1S/C24H30N4O3/c1-27-18(14-15-25-27)12-13-23(29)28-16-7-9-20-21(28)10-3-2-6-17-31-22-11-5-4-8-19(22)24(30)26-20/h2-5,8,11,14-15,20-21H,6-7,9-10,12-13,16-17H2,1H3,(H,26,30)/b3-2+/t20-,21-/m0/s1. The zero-order valence-corrected chi connectivity index (χ0v) is 18.0. The number of hydrogen-bond donors (Lipinski definition) is 1. The van der Waals surface area contributed by atoms with Gasteiger partial charge >= 0.3 is 0 Å². The molecule has 0 unspecified atom stereocenters. The molecule has 0 bridgehead atoms. The highest BCUT2D eigenvalue weighted by Gasteiger charge is 2.34. The van der Waals surface area contributed by atoms with Gasteiger partial charge in [-0.15, -0.1) is 0 Å². The van der Waals surface area contributed by atoms with Crippen molar-refractivity contribution >= 4 is 11.8 Å². The SMILES string of the molecule is Cn1nccc1CCC(=O)N1CCC[C@@H]2NC(=O)c3ccccc3OCC/C=C/C[C@@H]21. The molecule has 7 nitrogen and oxygen atoms in total. The van der Waals surface area contributed by atoms with E-state index in [1.54, 1.807) is 12.3 Å². The Kier molecular flexibility index (Phi) is 6.70. The summed E-state index contributed by atoms with van der Waals surface area (Å²) in [7, 11) is 1.89. The molecule has 0 saturated carbocycles. The number of likely N-dealkylation sites (tertiary alicyclic amines) is 1. The van der Waals surface area contributed by atoms with Crippen LogP contribution in [0.25, 0.3) is 0 Å². The van der Waals surface area contributed by atoms with Crippen LogP contribution in [0.2, 0.25) is 0 Å². The predicted octanol–water partition coefficient (Wildman–Crippen LogP) is 2.87. The van der Waals surface area contributed by atoms with E-state index >= 15 is 0 Å². The molecule has 4 rings (SSSR count). The molecule has 0 aliphatic carbocycles. The molecular formula is C24H30N4O3. The smallest absolute Gasteiger partial charge is 0.255 e. The largest absolute Gasteiger partial charge is 0.492 e. The van der Waals surface area contributed by atoms with Gasteiger partial charge in [-0.2, -0.15) is 5.10 Å². The molecule has 1 fully saturated rings. The summed E-state index contributed by atoms with van der Waals surface area (Å²) in [6.07, 6.45) is 10.3. The van der Waals surface area contributed by atoms with Crippen LogP contribution in [0.3, 0.4) is 0 Å². The Morgan fingerprint density at radius 3 is 2.97 bits per heavy atom. The lowest BCUT2D eigenvalue weighted by Crippen LogP contribution is -2.57. The Balaban J connectivity index is 1.52. The number of benzene rings is 1. The molecule has 31 heavy (non-hydrogen) atoms. The first kappa shape index (κ1) is 21.2. The van der Waals surface area contributed by atoms with Crippen LogP contribution in [0.15, 0.2) is 48.7 Å². The van der Waals surface area contributed by atoms with Crippen LogP contribution in [0.5, 0.6) is 5.75 Å². The van der Waals surface area contributed by atoms with E-state index in [9.17, 15) is 9.59 Å². The summed E-state index contributed by atoms with van der Waals surface area (Å²) in [5, 5.41) is 7.38. The lowest BCUT2D eigenvalue weighted by molar-refractivity contribution is -0.135. The summed E-state index contributed by atoms with van der Waals surface area (Å²) >= 11 is 0. The average molecular weight is 423 g/mol. The minimum absolute atomic E-state index is 0.0412. The maximum absolute atomic E-state index is 13.2. The summed E-state index contributed by atoms with van der Waals surface area (Å²) in [5.41, 5.74) is 1.59. The van der Waals surface area contributed by atoms with Crippen molar-refractivity contribution in [1.82, 2.24) is 20.0 Å². The Labute approximate surface area is 183 Å². The number of para-hydroxylation sites is 1. The van der Waals surface area contributed by atoms with E-state index in [1.807, 2.05) is 40.9 Å². The highest BCUT2D eigenvalue weighted by atomic mass is 16.5. The first-order valence-electron chi connectivity index (χ1n) is 11.1. The fourth-order valence-electron chi connectivity index (χ4n) is 4.47. The molecule has 2 amide bonds. The predicted molar refractivity (Wildman–Crippen MR) is 118 cm³/mol. The molecule has 2 aromatic rings. The van der Waals surface area contributed by atoms with Gasteiger partial charge in [0.1, 0.15) is 5.75 Å². The molecule has 164 valence electrons. The second-order valence-corrected chi connectivity index (χ2v) is 8.16. The summed E-state index contributed by atoms with van der Waals surface area (Å²) in [6, 6.07) is 9.17. The zero-order chi connectivity index (χ0) is 21.6. The van der Waals surface area contributed by atoms with Crippen LogP contribution in [0.1, 0.15) is 48.2 Å². The lowest BCUT2D eigenvalue weighted by Gasteiger charge is -2.41. The van der Waals surface area contributed by atoms with Crippen LogP contribution in [-0.2, 0) is 18.3 Å². The fraction of sp³-hybridized carbons (Fsp3) is 0.458. The molecule has 0 radical (unpaired) electrons. The molecule has 2 aliphatic rings. The van der Waals surface area contributed by atoms with Crippen LogP contribution >= 0.6 is 0 Å². The van der Waals surface area contributed by atoms with Gasteiger partial charge in [0.05, 0.1) is 18.2 Å². The number of rotatable bonds is 3. The van der Waals surface area contributed by atoms with Crippen molar-refractivity contribution in [3.8, 4) is 5.75 Å². The summed E-state index contributed by atoms with van der Waals surface area (Å²) in [4.78, 5) is 28.2. The summed E-state index contributed by atoms with van der Waals surface area (Å²) in [5.74, 6) is 0.596. The monoisotopic (exact) mass is 422 g/mol. The fourth-order valence-corrected chi connectivity index (χ4v) is 4.47. The molecular weight excluding hydrogens is 392 g/mol. The molecule has 3 heterocycles. The highest BCUT2D eigenvalue weighted by Crippen LogP contribution is 2.25.